The lowest BCUT2D eigenvalue weighted by atomic mass is 10.1. The molecule has 0 aliphatic heterocycles. The molecule has 0 bridgehead atoms. The first kappa shape index (κ1) is 17.8. The van der Waals surface area contributed by atoms with Crippen molar-refractivity contribution in [3.05, 3.63) is 59.1 Å². The maximum atomic E-state index is 12.2. The summed E-state index contributed by atoms with van der Waals surface area (Å²) in [6.45, 7) is 2.67. The van der Waals surface area contributed by atoms with E-state index < -0.39 is 6.03 Å². The normalized spacial score (nSPS) is 10.1. The third-order valence-corrected chi connectivity index (χ3v) is 3.59. The topological polar surface area (TPSA) is 70.2 Å². The molecule has 0 unspecified atom stereocenters. The Hall–Kier alpha value is -2.53. The van der Waals surface area contributed by atoms with Gasteiger partial charge in [0.25, 0.3) is 5.91 Å². The van der Waals surface area contributed by atoms with Gasteiger partial charge in [-0.25, -0.2) is 4.79 Å². The van der Waals surface area contributed by atoms with Crippen molar-refractivity contribution in [3.63, 3.8) is 0 Å². The molecule has 0 saturated carbocycles. The number of nitrogens with one attached hydrogen (secondary N) is 3. The maximum Gasteiger partial charge on any atom is 0.323 e. The van der Waals surface area contributed by atoms with E-state index in [2.05, 4.69) is 22.9 Å². The third-order valence-electron chi connectivity index (χ3n) is 3.34. The number of carbonyl (C=O) groups excluding carboxylic acids is 2. The summed E-state index contributed by atoms with van der Waals surface area (Å²) >= 11 is 5.81. The maximum absolute atomic E-state index is 12.2. The molecule has 0 fully saturated rings. The van der Waals surface area contributed by atoms with Crippen LogP contribution in [0.25, 0.3) is 0 Å². The van der Waals surface area contributed by atoms with Crippen LogP contribution >= 0.6 is 11.6 Å². The fraction of sp³-hybridized carbons (Fsp3) is 0.222. The molecule has 0 aromatic heterocycles. The van der Waals surface area contributed by atoms with Gasteiger partial charge in [-0.3, -0.25) is 4.79 Å². The van der Waals surface area contributed by atoms with Crippen molar-refractivity contribution in [2.24, 2.45) is 0 Å². The number of hydrogen-bond donors (Lipinski definition) is 3. The SMILES string of the molecule is CCCCNC(=O)c1ccccc1NC(=O)Nc1ccc(Cl)cc1. The Morgan fingerprint density at radius 1 is 1.00 bits per heavy atom. The van der Waals surface area contributed by atoms with Gasteiger partial charge in [0.15, 0.2) is 0 Å². The standard InChI is InChI=1S/C18H20ClN3O2/c1-2-3-12-20-17(23)15-6-4-5-7-16(15)22-18(24)21-14-10-8-13(19)9-11-14/h4-11H,2-3,12H2,1H3,(H,20,23)(H2,21,22,24). The summed E-state index contributed by atoms with van der Waals surface area (Å²) in [6, 6.07) is 13.2. The van der Waals surface area contributed by atoms with Gasteiger partial charge in [0, 0.05) is 17.3 Å². The van der Waals surface area contributed by atoms with E-state index in [1.54, 1.807) is 48.5 Å². The largest absolute Gasteiger partial charge is 0.352 e. The van der Waals surface area contributed by atoms with Crippen molar-refractivity contribution < 1.29 is 9.59 Å². The lowest BCUT2D eigenvalue weighted by Gasteiger charge is -2.12. The molecular formula is C18H20ClN3O2. The summed E-state index contributed by atoms with van der Waals surface area (Å²) in [5, 5.41) is 8.83. The van der Waals surface area contributed by atoms with Crippen molar-refractivity contribution in [1.82, 2.24) is 5.32 Å². The van der Waals surface area contributed by atoms with Gasteiger partial charge in [0.05, 0.1) is 11.3 Å². The Balaban J connectivity index is 2.02. The van der Waals surface area contributed by atoms with E-state index in [1.165, 1.54) is 0 Å². The number of carbonyl (C=O) groups is 2. The second-order valence-corrected chi connectivity index (χ2v) is 5.68. The van der Waals surface area contributed by atoms with Gasteiger partial charge in [-0.15, -0.1) is 0 Å². The minimum absolute atomic E-state index is 0.203. The van der Waals surface area contributed by atoms with Gasteiger partial charge in [-0.1, -0.05) is 37.1 Å². The van der Waals surface area contributed by atoms with Gasteiger partial charge >= 0.3 is 6.03 Å². The fourth-order valence-corrected chi connectivity index (χ4v) is 2.21. The number of rotatable bonds is 6. The van der Waals surface area contributed by atoms with Gasteiger partial charge in [0.1, 0.15) is 0 Å². The lowest BCUT2D eigenvalue weighted by Crippen LogP contribution is -2.27. The molecule has 0 aliphatic rings. The number of urea groups is 1. The quantitative estimate of drug-likeness (QED) is 0.674. The molecule has 0 heterocycles. The molecule has 0 aliphatic carbocycles. The van der Waals surface area contributed by atoms with Crippen LogP contribution in [0.5, 0.6) is 0 Å². The number of amides is 3. The summed E-state index contributed by atoms with van der Waals surface area (Å²) in [6.07, 6.45) is 1.92. The van der Waals surface area contributed by atoms with Crippen LogP contribution in [0.3, 0.4) is 0 Å². The van der Waals surface area contributed by atoms with Crippen molar-refractivity contribution in [2.45, 2.75) is 19.8 Å². The van der Waals surface area contributed by atoms with E-state index >= 15 is 0 Å². The monoisotopic (exact) mass is 345 g/mol. The zero-order chi connectivity index (χ0) is 17.4. The highest BCUT2D eigenvalue weighted by Crippen LogP contribution is 2.17. The average Bonchev–Trinajstić information content (AvgIpc) is 2.57. The summed E-state index contributed by atoms with van der Waals surface area (Å²) in [7, 11) is 0. The van der Waals surface area contributed by atoms with Gasteiger partial charge < -0.3 is 16.0 Å². The molecule has 2 aromatic rings. The highest BCUT2D eigenvalue weighted by atomic mass is 35.5. The number of para-hydroxylation sites is 1. The number of unbranched alkanes of at least 4 members (excludes halogenated alkanes) is 1. The molecule has 3 N–H and O–H groups in total. The Bertz CT molecular complexity index is 702. The Kier molecular flexibility index (Phi) is 6.63. The van der Waals surface area contributed by atoms with Crippen molar-refractivity contribution >= 4 is 34.9 Å². The first-order valence-corrected chi connectivity index (χ1v) is 8.18. The molecule has 0 radical (unpaired) electrons. The van der Waals surface area contributed by atoms with Crippen molar-refractivity contribution in [2.75, 3.05) is 17.2 Å². The predicted octanol–water partition coefficient (Wildman–Crippen LogP) is 4.51. The van der Waals surface area contributed by atoms with Gasteiger partial charge in [0.2, 0.25) is 0 Å². The summed E-state index contributed by atoms with van der Waals surface area (Å²) in [5.41, 5.74) is 1.50. The van der Waals surface area contributed by atoms with Crippen LogP contribution in [0.2, 0.25) is 5.02 Å². The molecule has 2 aromatic carbocycles. The van der Waals surface area contributed by atoms with Crippen LogP contribution in [0, 0.1) is 0 Å². The summed E-state index contributed by atoms with van der Waals surface area (Å²) in [5.74, 6) is -0.203. The molecule has 0 saturated heterocycles. The van der Waals surface area contributed by atoms with Crippen LogP contribution in [-0.2, 0) is 0 Å². The van der Waals surface area contributed by atoms with Crippen LogP contribution in [0.4, 0.5) is 16.2 Å². The lowest BCUT2D eigenvalue weighted by molar-refractivity contribution is 0.0954. The molecule has 24 heavy (non-hydrogen) atoms. The molecule has 5 nitrogen and oxygen atoms in total. The zero-order valence-electron chi connectivity index (χ0n) is 13.4. The third kappa shape index (κ3) is 5.28. The first-order chi connectivity index (χ1) is 11.6. The zero-order valence-corrected chi connectivity index (χ0v) is 14.2. The van der Waals surface area contributed by atoms with Gasteiger partial charge in [-0.05, 0) is 42.8 Å². The smallest absolute Gasteiger partial charge is 0.323 e. The highest BCUT2D eigenvalue weighted by molar-refractivity contribution is 6.30. The van der Waals surface area contributed by atoms with Crippen LogP contribution in [-0.4, -0.2) is 18.5 Å². The average molecular weight is 346 g/mol. The summed E-state index contributed by atoms with van der Waals surface area (Å²) < 4.78 is 0. The van der Waals surface area contributed by atoms with Crippen LogP contribution in [0.15, 0.2) is 48.5 Å². The first-order valence-electron chi connectivity index (χ1n) is 7.81. The number of anilines is 2. The molecule has 126 valence electrons. The number of benzene rings is 2. The highest BCUT2D eigenvalue weighted by Gasteiger charge is 2.12. The van der Waals surface area contributed by atoms with Crippen molar-refractivity contribution in [3.8, 4) is 0 Å². The Morgan fingerprint density at radius 2 is 1.71 bits per heavy atom. The van der Waals surface area contributed by atoms with E-state index in [9.17, 15) is 9.59 Å². The summed E-state index contributed by atoms with van der Waals surface area (Å²) in [4.78, 5) is 24.3. The van der Waals surface area contributed by atoms with E-state index in [-0.39, 0.29) is 5.91 Å². The van der Waals surface area contributed by atoms with E-state index in [1.807, 2.05) is 0 Å². The fourth-order valence-electron chi connectivity index (χ4n) is 2.08. The molecular weight excluding hydrogens is 326 g/mol. The molecule has 0 atom stereocenters. The predicted molar refractivity (Wildman–Crippen MR) is 97.8 cm³/mol. The van der Waals surface area contributed by atoms with Crippen LogP contribution < -0.4 is 16.0 Å². The molecule has 3 amide bonds. The second kappa shape index (κ2) is 8.93. The molecule has 2 rings (SSSR count). The minimum atomic E-state index is -0.425. The molecule has 0 spiro atoms. The van der Waals surface area contributed by atoms with Crippen molar-refractivity contribution in [1.29, 1.82) is 0 Å². The van der Waals surface area contributed by atoms with Crippen LogP contribution in [0.1, 0.15) is 30.1 Å². The number of halogens is 1. The number of hydrogen-bond acceptors (Lipinski definition) is 2. The second-order valence-electron chi connectivity index (χ2n) is 5.24. The molecule has 6 heteroatoms. The van der Waals surface area contributed by atoms with E-state index in [0.717, 1.165) is 12.8 Å². The Labute approximate surface area is 146 Å². The minimum Gasteiger partial charge on any atom is -0.352 e. The Morgan fingerprint density at radius 3 is 2.42 bits per heavy atom. The van der Waals surface area contributed by atoms with E-state index in [0.29, 0.717) is 28.5 Å². The van der Waals surface area contributed by atoms with Gasteiger partial charge in [-0.2, -0.15) is 0 Å². The van der Waals surface area contributed by atoms with E-state index in [4.69, 9.17) is 11.6 Å².